The lowest BCUT2D eigenvalue weighted by atomic mass is 9.86. The molecule has 0 aromatic heterocycles. The van der Waals surface area contributed by atoms with Gasteiger partial charge < -0.3 is 14.8 Å². The summed E-state index contributed by atoms with van der Waals surface area (Å²) in [6.07, 6.45) is 10.2. The van der Waals surface area contributed by atoms with E-state index in [1.54, 1.807) is 14.2 Å². The first-order chi connectivity index (χ1) is 12.7. The van der Waals surface area contributed by atoms with Crippen LogP contribution in [-0.2, 0) is 12.8 Å². The lowest BCUT2D eigenvalue weighted by Gasteiger charge is -2.40. The molecule has 0 saturated heterocycles. The van der Waals surface area contributed by atoms with Gasteiger partial charge >= 0.3 is 0 Å². The second kappa shape index (κ2) is 14.3. The summed E-state index contributed by atoms with van der Waals surface area (Å²) in [6.45, 7) is 5.72. The molecule has 2 rings (SSSR count). The number of methoxy groups -OCH3 is 2. The summed E-state index contributed by atoms with van der Waals surface area (Å²) in [5.41, 5.74) is 2.76. The molecule has 4 nitrogen and oxygen atoms in total. The first-order valence-electron chi connectivity index (χ1n) is 10.4. The van der Waals surface area contributed by atoms with Gasteiger partial charge in [0.25, 0.3) is 0 Å². The van der Waals surface area contributed by atoms with Crippen LogP contribution < -0.4 is 14.8 Å². The third-order valence-electron chi connectivity index (χ3n) is 5.69. The fourth-order valence-electron chi connectivity index (χ4n) is 4.36. The summed E-state index contributed by atoms with van der Waals surface area (Å²) in [5.74, 6) is 1.78. The Bertz CT molecular complexity index is 558. The Morgan fingerprint density at radius 2 is 1.86 bits per heavy atom. The van der Waals surface area contributed by atoms with Gasteiger partial charge in [-0.05, 0) is 57.3 Å². The van der Waals surface area contributed by atoms with Gasteiger partial charge in [-0.15, -0.1) is 24.8 Å². The molecule has 0 radical (unpaired) electrons. The first-order valence-corrected chi connectivity index (χ1v) is 10.4. The molecule has 0 fully saturated rings. The Labute approximate surface area is 184 Å². The van der Waals surface area contributed by atoms with Gasteiger partial charge in [0, 0.05) is 11.6 Å². The van der Waals surface area contributed by atoms with Crippen LogP contribution in [0, 0.1) is 0 Å². The normalized spacial score (nSPS) is 16.6. The molecule has 0 amide bonds. The Morgan fingerprint density at radius 3 is 2.43 bits per heavy atom. The van der Waals surface area contributed by atoms with E-state index in [0.717, 1.165) is 30.9 Å². The van der Waals surface area contributed by atoms with Crippen molar-refractivity contribution < 1.29 is 9.47 Å². The third kappa shape index (κ3) is 6.69. The van der Waals surface area contributed by atoms with E-state index in [1.807, 2.05) is 0 Å². The summed E-state index contributed by atoms with van der Waals surface area (Å²) in [6, 6.07) is 4.89. The number of nitrogens with zero attached hydrogens (tertiary/aromatic N) is 1. The van der Waals surface area contributed by atoms with E-state index in [4.69, 9.17) is 9.47 Å². The standard InChI is InChI=1S/C22H38N2O2.2ClH/c1-6-8-9-10-21(23-3)24(15-7-2)18-12-13-19-17(16-18)11-14-20(25-4)22(19)26-5;;/h11,14,18,21,23H,6-10,12-13,15-16H2,1-5H3;2*1H. The molecule has 1 aliphatic rings. The van der Waals surface area contributed by atoms with E-state index in [-0.39, 0.29) is 24.8 Å². The number of benzene rings is 1. The fourth-order valence-corrected chi connectivity index (χ4v) is 4.36. The molecular formula is C22H40Cl2N2O2. The second-order valence-corrected chi connectivity index (χ2v) is 7.37. The lowest BCUT2D eigenvalue weighted by molar-refractivity contribution is 0.0953. The lowest BCUT2D eigenvalue weighted by Crippen LogP contribution is -2.51. The SMILES string of the molecule is CCCCCC(NC)N(CCC)C1CCc2c(ccc(OC)c2OC)C1.Cl.Cl. The zero-order valence-electron chi connectivity index (χ0n) is 18.3. The van der Waals surface area contributed by atoms with Gasteiger partial charge in [0.15, 0.2) is 11.5 Å². The molecule has 0 saturated carbocycles. The van der Waals surface area contributed by atoms with Gasteiger partial charge in [-0.2, -0.15) is 0 Å². The molecule has 0 spiro atoms. The number of halogens is 2. The molecule has 1 aromatic carbocycles. The van der Waals surface area contributed by atoms with Gasteiger partial charge in [0.05, 0.1) is 20.4 Å². The predicted octanol–water partition coefficient (Wildman–Crippen LogP) is 5.24. The van der Waals surface area contributed by atoms with Gasteiger partial charge in [-0.1, -0.05) is 39.2 Å². The maximum absolute atomic E-state index is 5.66. The van der Waals surface area contributed by atoms with Crippen LogP contribution >= 0.6 is 24.8 Å². The van der Waals surface area contributed by atoms with Crippen LogP contribution in [0.1, 0.15) is 63.5 Å². The molecule has 164 valence electrons. The maximum atomic E-state index is 5.66. The zero-order chi connectivity index (χ0) is 18.9. The van der Waals surface area contributed by atoms with E-state index < -0.39 is 0 Å². The van der Waals surface area contributed by atoms with Gasteiger partial charge in [0.2, 0.25) is 0 Å². The topological polar surface area (TPSA) is 33.7 Å². The van der Waals surface area contributed by atoms with E-state index in [0.29, 0.717) is 12.2 Å². The number of ether oxygens (including phenoxy) is 2. The molecular weight excluding hydrogens is 395 g/mol. The predicted molar refractivity (Wildman–Crippen MR) is 124 cm³/mol. The van der Waals surface area contributed by atoms with Gasteiger partial charge in [-0.25, -0.2) is 0 Å². The number of unbranched alkanes of at least 4 members (excludes halogenated alkanes) is 2. The average Bonchev–Trinajstić information content (AvgIpc) is 2.68. The average molecular weight is 435 g/mol. The van der Waals surface area contributed by atoms with E-state index in [2.05, 4.69) is 43.2 Å². The quantitative estimate of drug-likeness (QED) is 0.381. The summed E-state index contributed by atoms with van der Waals surface area (Å²) >= 11 is 0. The number of rotatable bonds is 11. The van der Waals surface area contributed by atoms with Gasteiger partial charge in [0.1, 0.15) is 0 Å². The van der Waals surface area contributed by atoms with E-state index in [9.17, 15) is 0 Å². The smallest absolute Gasteiger partial charge is 0.164 e. The molecule has 1 aliphatic carbocycles. The molecule has 0 bridgehead atoms. The summed E-state index contributed by atoms with van der Waals surface area (Å²) in [5, 5.41) is 3.59. The highest BCUT2D eigenvalue weighted by Crippen LogP contribution is 2.38. The summed E-state index contributed by atoms with van der Waals surface area (Å²) in [4.78, 5) is 2.72. The number of hydrogen-bond donors (Lipinski definition) is 1. The van der Waals surface area contributed by atoms with E-state index >= 15 is 0 Å². The van der Waals surface area contributed by atoms with Crippen molar-refractivity contribution in [3.63, 3.8) is 0 Å². The minimum atomic E-state index is 0. The van der Waals surface area contributed by atoms with Crippen molar-refractivity contribution in [2.24, 2.45) is 0 Å². The largest absolute Gasteiger partial charge is 0.493 e. The molecule has 6 heteroatoms. The van der Waals surface area contributed by atoms with Gasteiger partial charge in [-0.3, -0.25) is 4.90 Å². The van der Waals surface area contributed by atoms with Crippen molar-refractivity contribution >= 4 is 24.8 Å². The highest BCUT2D eigenvalue weighted by atomic mass is 35.5. The highest BCUT2D eigenvalue weighted by Gasteiger charge is 2.30. The molecule has 1 aromatic rings. The number of fused-ring (bicyclic) bond motifs is 1. The minimum Gasteiger partial charge on any atom is -0.493 e. The molecule has 0 aliphatic heterocycles. The maximum Gasteiger partial charge on any atom is 0.164 e. The third-order valence-corrected chi connectivity index (χ3v) is 5.69. The summed E-state index contributed by atoms with van der Waals surface area (Å²) < 4.78 is 11.1. The number of nitrogens with one attached hydrogen (secondary N) is 1. The van der Waals surface area contributed by atoms with Crippen molar-refractivity contribution in [3.8, 4) is 11.5 Å². The van der Waals surface area contributed by atoms with Crippen molar-refractivity contribution in [2.45, 2.75) is 77.4 Å². The highest BCUT2D eigenvalue weighted by molar-refractivity contribution is 5.85. The minimum absolute atomic E-state index is 0. The molecule has 0 heterocycles. The van der Waals surface area contributed by atoms with Crippen LogP contribution in [0.3, 0.4) is 0 Å². The Balaban J connectivity index is 0.00000364. The fraction of sp³-hybridized carbons (Fsp3) is 0.727. The number of hydrogen-bond acceptors (Lipinski definition) is 4. The first kappa shape index (κ1) is 27.3. The molecule has 28 heavy (non-hydrogen) atoms. The van der Waals surface area contributed by atoms with Crippen LogP contribution in [0.4, 0.5) is 0 Å². The Morgan fingerprint density at radius 1 is 1.11 bits per heavy atom. The van der Waals surface area contributed by atoms with Crippen LogP contribution in [-0.4, -0.2) is 44.9 Å². The summed E-state index contributed by atoms with van der Waals surface area (Å²) in [7, 11) is 5.58. The monoisotopic (exact) mass is 434 g/mol. The Kier molecular flexibility index (Phi) is 14.0. The van der Waals surface area contributed by atoms with Crippen LogP contribution in [0.25, 0.3) is 0 Å². The zero-order valence-corrected chi connectivity index (χ0v) is 19.9. The molecule has 1 N–H and O–H groups in total. The molecule has 2 atom stereocenters. The van der Waals surface area contributed by atoms with Crippen molar-refractivity contribution in [1.29, 1.82) is 0 Å². The van der Waals surface area contributed by atoms with Crippen LogP contribution in [0.2, 0.25) is 0 Å². The van der Waals surface area contributed by atoms with Crippen molar-refractivity contribution in [2.75, 3.05) is 27.8 Å². The van der Waals surface area contributed by atoms with Crippen molar-refractivity contribution in [1.82, 2.24) is 10.2 Å². The second-order valence-electron chi connectivity index (χ2n) is 7.37. The van der Waals surface area contributed by atoms with Crippen molar-refractivity contribution in [3.05, 3.63) is 23.3 Å². The Hall–Kier alpha value is -0.680. The molecule has 2 unspecified atom stereocenters. The van der Waals surface area contributed by atoms with Crippen LogP contribution in [0.5, 0.6) is 11.5 Å². The van der Waals surface area contributed by atoms with Crippen LogP contribution in [0.15, 0.2) is 12.1 Å². The van der Waals surface area contributed by atoms with E-state index in [1.165, 1.54) is 49.7 Å².